The molecule has 3 rings (SSSR count). The van der Waals surface area contributed by atoms with Crippen LogP contribution in [0.3, 0.4) is 0 Å². The fourth-order valence-electron chi connectivity index (χ4n) is 4.76. The zero-order valence-electron chi connectivity index (χ0n) is 27.2. The first kappa shape index (κ1) is 36.3. The normalized spacial score (nSPS) is 12.4. The molecule has 0 heterocycles. The Labute approximate surface area is 276 Å². The summed E-state index contributed by atoms with van der Waals surface area (Å²) in [5.41, 5.74) is 0.762. The van der Waals surface area contributed by atoms with Gasteiger partial charge in [-0.15, -0.1) is 0 Å². The van der Waals surface area contributed by atoms with Crippen LogP contribution >= 0.6 is 11.6 Å². The number of anilines is 1. The van der Waals surface area contributed by atoms with Gasteiger partial charge in [0, 0.05) is 23.7 Å². The van der Waals surface area contributed by atoms with Crippen molar-refractivity contribution < 1.29 is 37.0 Å². The van der Waals surface area contributed by atoms with Gasteiger partial charge in [0.2, 0.25) is 11.8 Å². The van der Waals surface area contributed by atoms with E-state index in [9.17, 15) is 18.0 Å². The lowest BCUT2D eigenvalue weighted by Gasteiger charge is -2.34. The van der Waals surface area contributed by atoms with Gasteiger partial charge in [-0.25, -0.2) is 8.42 Å². The van der Waals surface area contributed by atoms with Crippen LogP contribution in [0, 0.1) is 0 Å². The van der Waals surface area contributed by atoms with Crippen molar-refractivity contribution in [2.45, 2.75) is 57.1 Å². The molecule has 0 radical (unpaired) electrons. The minimum absolute atomic E-state index is 0.0339. The molecule has 0 aromatic heterocycles. The standard InChI is InChI=1S/C33H42ClN3O8S/c1-8-22(3)35-33(39)27(9-2)36(20-23-10-13-25(42-4)14-11-23)32(38)21-37(28-18-24(34)12-16-29(28)43-5)46(40,41)26-15-17-30(44-6)31(19-26)45-7/h10-19,22,27H,8-9,20-21H2,1-7H3,(H,35,39)/t22-,27+/m1/s1. The van der Waals surface area contributed by atoms with E-state index in [4.69, 9.17) is 30.5 Å². The number of amides is 2. The first-order valence-electron chi connectivity index (χ1n) is 14.7. The molecule has 250 valence electrons. The Kier molecular flexibility index (Phi) is 13.0. The lowest BCUT2D eigenvalue weighted by atomic mass is 10.1. The second-order valence-corrected chi connectivity index (χ2v) is 12.8. The quantitative estimate of drug-likeness (QED) is 0.217. The molecule has 2 atom stereocenters. The summed E-state index contributed by atoms with van der Waals surface area (Å²) in [7, 11) is 1.31. The van der Waals surface area contributed by atoms with Crippen molar-refractivity contribution in [1.82, 2.24) is 10.2 Å². The van der Waals surface area contributed by atoms with E-state index < -0.39 is 28.5 Å². The molecule has 0 spiro atoms. The number of ether oxygens (including phenoxy) is 4. The number of hydrogen-bond donors (Lipinski definition) is 1. The third-order valence-corrected chi connectivity index (χ3v) is 9.52. The molecule has 0 fully saturated rings. The van der Waals surface area contributed by atoms with Crippen LogP contribution in [-0.2, 0) is 26.2 Å². The fraction of sp³-hybridized carbons (Fsp3) is 0.394. The van der Waals surface area contributed by atoms with Crippen LogP contribution in [0.25, 0.3) is 0 Å². The van der Waals surface area contributed by atoms with Crippen LogP contribution in [0.4, 0.5) is 5.69 Å². The maximum absolute atomic E-state index is 14.4. The number of carbonyl (C=O) groups is 2. The number of nitrogens with one attached hydrogen (secondary N) is 1. The molecule has 11 nitrogen and oxygen atoms in total. The van der Waals surface area contributed by atoms with Gasteiger partial charge in [0.15, 0.2) is 11.5 Å². The van der Waals surface area contributed by atoms with E-state index in [1.807, 2.05) is 13.8 Å². The Morgan fingerprint density at radius 1 is 0.826 bits per heavy atom. The van der Waals surface area contributed by atoms with Crippen molar-refractivity contribution >= 4 is 39.1 Å². The Bertz CT molecular complexity index is 1600. The van der Waals surface area contributed by atoms with Gasteiger partial charge in [-0.1, -0.05) is 37.6 Å². The van der Waals surface area contributed by atoms with E-state index in [1.54, 1.807) is 44.4 Å². The van der Waals surface area contributed by atoms with Gasteiger partial charge in [-0.05, 0) is 67.8 Å². The van der Waals surface area contributed by atoms with Crippen molar-refractivity contribution in [3.05, 3.63) is 71.2 Å². The third-order valence-electron chi connectivity index (χ3n) is 7.53. The third kappa shape index (κ3) is 8.55. The number of halogens is 1. The largest absolute Gasteiger partial charge is 0.497 e. The highest BCUT2D eigenvalue weighted by molar-refractivity contribution is 7.92. The van der Waals surface area contributed by atoms with E-state index in [2.05, 4.69) is 5.32 Å². The van der Waals surface area contributed by atoms with Crippen LogP contribution in [0.5, 0.6) is 23.0 Å². The van der Waals surface area contributed by atoms with Gasteiger partial charge in [-0.2, -0.15) is 0 Å². The zero-order chi connectivity index (χ0) is 34.0. The van der Waals surface area contributed by atoms with E-state index in [-0.39, 0.29) is 52.0 Å². The summed E-state index contributed by atoms with van der Waals surface area (Å²) in [6.07, 6.45) is 0.980. The highest BCUT2D eigenvalue weighted by Gasteiger charge is 2.35. The average Bonchev–Trinajstić information content (AvgIpc) is 3.06. The summed E-state index contributed by atoms with van der Waals surface area (Å²) in [5, 5.41) is 3.19. The lowest BCUT2D eigenvalue weighted by Crippen LogP contribution is -2.53. The second-order valence-electron chi connectivity index (χ2n) is 10.5. The molecular formula is C33H42ClN3O8S. The molecule has 3 aromatic carbocycles. The molecule has 0 aliphatic carbocycles. The number of hydrogen-bond acceptors (Lipinski definition) is 8. The summed E-state index contributed by atoms with van der Waals surface area (Å²) < 4.78 is 51.1. The smallest absolute Gasteiger partial charge is 0.265 e. The summed E-state index contributed by atoms with van der Waals surface area (Å²) in [6.45, 7) is 4.99. The molecule has 0 saturated heterocycles. The van der Waals surface area contributed by atoms with E-state index >= 15 is 0 Å². The number of nitrogens with zero attached hydrogens (tertiary/aromatic N) is 2. The predicted molar refractivity (Wildman–Crippen MR) is 178 cm³/mol. The molecule has 0 unspecified atom stereocenters. The minimum atomic E-state index is -4.45. The van der Waals surface area contributed by atoms with Gasteiger partial charge >= 0.3 is 0 Å². The van der Waals surface area contributed by atoms with Crippen LogP contribution < -0.4 is 28.6 Å². The van der Waals surface area contributed by atoms with Gasteiger partial charge in [0.05, 0.1) is 39.0 Å². The topological polar surface area (TPSA) is 124 Å². The highest BCUT2D eigenvalue weighted by Crippen LogP contribution is 2.37. The van der Waals surface area contributed by atoms with Crippen molar-refractivity contribution in [3.8, 4) is 23.0 Å². The van der Waals surface area contributed by atoms with Gasteiger partial charge < -0.3 is 29.2 Å². The van der Waals surface area contributed by atoms with E-state index in [0.717, 1.165) is 9.87 Å². The van der Waals surface area contributed by atoms with Crippen molar-refractivity contribution in [1.29, 1.82) is 0 Å². The van der Waals surface area contributed by atoms with Gasteiger partial charge in [-0.3, -0.25) is 13.9 Å². The van der Waals surface area contributed by atoms with Crippen LogP contribution in [0.1, 0.15) is 39.2 Å². The molecule has 2 amide bonds. The first-order valence-corrected chi connectivity index (χ1v) is 16.6. The number of benzene rings is 3. The lowest BCUT2D eigenvalue weighted by molar-refractivity contribution is -0.140. The minimum Gasteiger partial charge on any atom is -0.497 e. The number of carbonyl (C=O) groups excluding carboxylic acids is 2. The van der Waals surface area contributed by atoms with Crippen molar-refractivity contribution in [2.24, 2.45) is 0 Å². The van der Waals surface area contributed by atoms with E-state index in [1.165, 1.54) is 56.6 Å². The zero-order valence-corrected chi connectivity index (χ0v) is 28.8. The van der Waals surface area contributed by atoms with Crippen LogP contribution in [0.2, 0.25) is 5.02 Å². The molecule has 0 saturated carbocycles. The summed E-state index contributed by atoms with van der Waals surface area (Å²) in [6, 6.07) is 14.7. The van der Waals surface area contributed by atoms with Gasteiger partial charge in [0.1, 0.15) is 24.1 Å². The fourth-order valence-corrected chi connectivity index (χ4v) is 6.36. The molecule has 0 bridgehead atoms. The molecule has 1 N–H and O–H groups in total. The summed E-state index contributed by atoms with van der Waals surface area (Å²) in [4.78, 5) is 29.1. The Morgan fingerprint density at radius 3 is 2.02 bits per heavy atom. The average molecular weight is 676 g/mol. The maximum atomic E-state index is 14.4. The molecule has 46 heavy (non-hydrogen) atoms. The van der Waals surface area contributed by atoms with Gasteiger partial charge in [0.25, 0.3) is 10.0 Å². The Balaban J connectivity index is 2.17. The summed E-state index contributed by atoms with van der Waals surface area (Å²) in [5.74, 6) is 0.351. The van der Waals surface area contributed by atoms with E-state index in [0.29, 0.717) is 17.9 Å². The molecular weight excluding hydrogens is 634 g/mol. The highest BCUT2D eigenvalue weighted by atomic mass is 35.5. The first-order chi connectivity index (χ1) is 21.9. The predicted octanol–water partition coefficient (Wildman–Crippen LogP) is 5.29. The maximum Gasteiger partial charge on any atom is 0.265 e. The number of methoxy groups -OCH3 is 4. The Morgan fingerprint density at radius 2 is 1.46 bits per heavy atom. The molecule has 13 heteroatoms. The van der Waals surface area contributed by atoms with Crippen LogP contribution in [-0.4, -0.2) is 72.2 Å². The monoisotopic (exact) mass is 675 g/mol. The summed E-state index contributed by atoms with van der Waals surface area (Å²) >= 11 is 6.34. The SMILES string of the molecule is CC[C@@H](C)NC(=O)[C@H](CC)N(Cc1ccc(OC)cc1)C(=O)CN(c1cc(Cl)ccc1OC)S(=O)(=O)c1ccc(OC)c(OC)c1. The molecule has 0 aliphatic rings. The number of sulfonamides is 1. The second kappa shape index (κ2) is 16.4. The Hall–Kier alpha value is -4.16. The number of rotatable bonds is 16. The van der Waals surface area contributed by atoms with Crippen LogP contribution in [0.15, 0.2) is 65.6 Å². The molecule has 0 aliphatic heterocycles. The molecule has 3 aromatic rings. The van der Waals surface area contributed by atoms with Crippen molar-refractivity contribution in [3.63, 3.8) is 0 Å². The van der Waals surface area contributed by atoms with Crippen molar-refractivity contribution in [2.75, 3.05) is 39.3 Å².